The van der Waals surface area contributed by atoms with Gasteiger partial charge in [-0.1, -0.05) is 5.18 Å². The van der Waals surface area contributed by atoms with Crippen LogP contribution >= 0.6 is 0 Å². The number of nitroso groups, excluding NO2 is 1. The molecule has 58 valence electrons. The quantitative estimate of drug-likeness (QED) is 0.568. The molecule has 10 heavy (non-hydrogen) atoms. The second kappa shape index (κ2) is 3.07. The van der Waals surface area contributed by atoms with Gasteiger partial charge in [0.15, 0.2) is 0 Å². The van der Waals surface area contributed by atoms with Crippen molar-refractivity contribution >= 4 is 0 Å². The molecule has 0 aromatic rings. The Balaban J connectivity index is 2.38. The molecule has 4 heteroatoms. The fraction of sp³-hybridized carbons (Fsp3) is 1.00. The number of nitrogens with zero attached hydrogens (tertiary/aromatic N) is 1. The normalized spacial score (nSPS) is 40.0. The standard InChI is InChI=1S/C6H11NO3/c1-4-2-5(8)6(10-4)3-7-9/h4-6,8H,2-3H2,1H3. The highest BCUT2D eigenvalue weighted by Crippen LogP contribution is 2.19. The zero-order valence-corrected chi connectivity index (χ0v) is 5.86. The summed E-state index contributed by atoms with van der Waals surface area (Å²) in [6, 6.07) is 0. The van der Waals surface area contributed by atoms with Crippen LogP contribution in [-0.4, -0.2) is 30.0 Å². The molecular weight excluding hydrogens is 134 g/mol. The molecule has 3 unspecified atom stereocenters. The molecule has 0 amide bonds. The third-order valence-electron chi connectivity index (χ3n) is 1.66. The van der Waals surface area contributed by atoms with Crippen LogP contribution in [0.1, 0.15) is 13.3 Å². The smallest absolute Gasteiger partial charge is 0.110 e. The van der Waals surface area contributed by atoms with Gasteiger partial charge in [0.1, 0.15) is 12.6 Å². The predicted molar refractivity (Wildman–Crippen MR) is 35.6 cm³/mol. The number of hydrogen-bond donors (Lipinski definition) is 1. The van der Waals surface area contributed by atoms with E-state index >= 15 is 0 Å². The Hall–Kier alpha value is -0.480. The van der Waals surface area contributed by atoms with Crippen molar-refractivity contribution in [1.29, 1.82) is 0 Å². The molecule has 1 aliphatic rings. The van der Waals surface area contributed by atoms with Crippen LogP contribution in [0.15, 0.2) is 5.18 Å². The van der Waals surface area contributed by atoms with Crippen molar-refractivity contribution in [3.05, 3.63) is 4.91 Å². The fourth-order valence-electron chi connectivity index (χ4n) is 1.17. The summed E-state index contributed by atoms with van der Waals surface area (Å²) >= 11 is 0. The minimum Gasteiger partial charge on any atom is -0.390 e. The van der Waals surface area contributed by atoms with Gasteiger partial charge in [0.05, 0.1) is 12.2 Å². The molecule has 4 nitrogen and oxygen atoms in total. The number of aliphatic hydroxyl groups is 1. The number of aliphatic hydroxyl groups excluding tert-OH is 1. The molecule has 1 N–H and O–H groups in total. The van der Waals surface area contributed by atoms with E-state index in [1.54, 1.807) is 0 Å². The van der Waals surface area contributed by atoms with E-state index in [0.29, 0.717) is 6.42 Å². The van der Waals surface area contributed by atoms with Crippen molar-refractivity contribution in [2.24, 2.45) is 5.18 Å². The van der Waals surface area contributed by atoms with Gasteiger partial charge < -0.3 is 9.84 Å². The summed E-state index contributed by atoms with van der Waals surface area (Å²) in [5.41, 5.74) is 0. The first-order chi connectivity index (χ1) is 4.74. The van der Waals surface area contributed by atoms with Crippen LogP contribution < -0.4 is 0 Å². The lowest BCUT2D eigenvalue weighted by atomic mass is 10.1. The van der Waals surface area contributed by atoms with Crippen LogP contribution in [0.4, 0.5) is 0 Å². The lowest BCUT2D eigenvalue weighted by Gasteiger charge is -2.08. The molecule has 1 rings (SSSR count). The third-order valence-corrected chi connectivity index (χ3v) is 1.66. The first-order valence-electron chi connectivity index (χ1n) is 3.36. The molecule has 1 saturated heterocycles. The maximum absolute atomic E-state index is 9.77. The Labute approximate surface area is 59.2 Å². The van der Waals surface area contributed by atoms with Crippen LogP contribution in [0.25, 0.3) is 0 Å². The maximum atomic E-state index is 9.77. The van der Waals surface area contributed by atoms with Crippen LogP contribution in [0, 0.1) is 4.91 Å². The third kappa shape index (κ3) is 1.52. The summed E-state index contributed by atoms with van der Waals surface area (Å²) in [6.45, 7) is 1.93. The van der Waals surface area contributed by atoms with Gasteiger partial charge in [-0.05, 0) is 6.92 Å². The Morgan fingerprint density at radius 3 is 2.90 bits per heavy atom. The molecule has 3 atom stereocenters. The monoisotopic (exact) mass is 145 g/mol. The molecule has 0 aliphatic carbocycles. The number of ether oxygens (including phenoxy) is 1. The van der Waals surface area contributed by atoms with Crippen LogP contribution in [-0.2, 0) is 4.74 Å². The van der Waals surface area contributed by atoms with E-state index < -0.39 is 6.10 Å². The van der Waals surface area contributed by atoms with Crippen molar-refractivity contribution in [2.45, 2.75) is 31.7 Å². The topological polar surface area (TPSA) is 58.9 Å². The van der Waals surface area contributed by atoms with Gasteiger partial charge in [0.2, 0.25) is 0 Å². The van der Waals surface area contributed by atoms with Crippen LogP contribution in [0.2, 0.25) is 0 Å². The van der Waals surface area contributed by atoms with Crippen molar-refractivity contribution in [2.75, 3.05) is 6.54 Å². The lowest BCUT2D eigenvalue weighted by Crippen LogP contribution is -2.23. The molecule has 1 aliphatic heterocycles. The summed E-state index contributed by atoms with van der Waals surface area (Å²) in [5, 5.41) is 11.8. The maximum Gasteiger partial charge on any atom is 0.110 e. The van der Waals surface area contributed by atoms with Gasteiger partial charge in [0.25, 0.3) is 0 Å². The zero-order chi connectivity index (χ0) is 7.56. The average molecular weight is 145 g/mol. The van der Waals surface area contributed by atoms with Gasteiger partial charge in [-0.3, -0.25) is 0 Å². The highest BCUT2D eigenvalue weighted by Gasteiger charge is 2.31. The fourth-order valence-corrected chi connectivity index (χ4v) is 1.17. The summed E-state index contributed by atoms with van der Waals surface area (Å²) in [6.07, 6.45) is -0.206. The highest BCUT2D eigenvalue weighted by atomic mass is 16.5. The van der Waals surface area contributed by atoms with Gasteiger partial charge >= 0.3 is 0 Å². The summed E-state index contributed by atoms with van der Waals surface area (Å²) in [7, 11) is 0. The molecule has 0 spiro atoms. The molecule has 1 fully saturated rings. The van der Waals surface area contributed by atoms with E-state index in [4.69, 9.17) is 9.84 Å². The Morgan fingerprint density at radius 2 is 2.50 bits per heavy atom. The molecule has 0 bridgehead atoms. The second-order valence-corrected chi connectivity index (χ2v) is 2.60. The largest absolute Gasteiger partial charge is 0.390 e. The Morgan fingerprint density at radius 1 is 1.80 bits per heavy atom. The minimum absolute atomic E-state index is 0.0572. The summed E-state index contributed by atoms with van der Waals surface area (Å²) < 4.78 is 5.17. The number of rotatable bonds is 2. The second-order valence-electron chi connectivity index (χ2n) is 2.60. The van der Waals surface area contributed by atoms with E-state index in [1.165, 1.54) is 0 Å². The van der Waals surface area contributed by atoms with E-state index in [2.05, 4.69) is 5.18 Å². The number of hydrogen-bond acceptors (Lipinski definition) is 4. The molecular formula is C6H11NO3. The first kappa shape index (κ1) is 7.63. The molecule has 0 aromatic carbocycles. The predicted octanol–water partition coefficient (Wildman–Crippen LogP) is 0.291. The van der Waals surface area contributed by atoms with Crippen molar-refractivity contribution in [1.82, 2.24) is 0 Å². The average Bonchev–Trinajstić information content (AvgIpc) is 2.13. The molecule has 0 aromatic heterocycles. The van der Waals surface area contributed by atoms with E-state index in [9.17, 15) is 4.91 Å². The zero-order valence-electron chi connectivity index (χ0n) is 5.86. The van der Waals surface area contributed by atoms with Crippen LogP contribution in [0.5, 0.6) is 0 Å². The van der Waals surface area contributed by atoms with E-state index in [-0.39, 0.29) is 18.8 Å². The Kier molecular flexibility index (Phi) is 2.34. The summed E-state index contributed by atoms with van der Waals surface area (Å²) in [4.78, 5) is 9.77. The van der Waals surface area contributed by atoms with Gasteiger partial charge in [-0.25, -0.2) is 0 Å². The highest BCUT2D eigenvalue weighted by molar-refractivity contribution is 4.80. The SMILES string of the molecule is CC1CC(O)C(CN=O)O1. The van der Waals surface area contributed by atoms with Crippen molar-refractivity contribution < 1.29 is 9.84 Å². The molecule has 1 heterocycles. The van der Waals surface area contributed by atoms with Gasteiger partial charge in [0, 0.05) is 6.42 Å². The van der Waals surface area contributed by atoms with Crippen molar-refractivity contribution in [3.8, 4) is 0 Å². The van der Waals surface area contributed by atoms with E-state index in [0.717, 1.165) is 0 Å². The summed E-state index contributed by atoms with van der Waals surface area (Å²) in [5.74, 6) is 0. The van der Waals surface area contributed by atoms with Gasteiger partial charge in [-0.2, -0.15) is 4.91 Å². The first-order valence-corrected chi connectivity index (χ1v) is 3.36. The van der Waals surface area contributed by atoms with Gasteiger partial charge in [-0.15, -0.1) is 0 Å². The lowest BCUT2D eigenvalue weighted by molar-refractivity contribution is 0.0225. The Bertz CT molecular complexity index is 128. The van der Waals surface area contributed by atoms with Crippen LogP contribution in [0.3, 0.4) is 0 Å². The molecule has 0 radical (unpaired) electrons. The van der Waals surface area contributed by atoms with E-state index in [1.807, 2.05) is 6.92 Å². The molecule has 0 saturated carbocycles. The van der Waals surface area contributed by atoms with Crippen molar-refractivity contribution in [3.63, 3.8) is 0 Å². The minimum atomic E-state index is -0.507.